The Morgan fingerprint density at radius 1 is 0.984 bits per heavy atom. The molecule has 0 saturated carbocycles. The third-order valence-electron chi connectivity index (χ3n) is 12.5. The Kier molecular flexibility index (Phi) is 12.4. The number of carbonyl (C=O) groups excluding carboxylic acids is 4. The summed E-state index contributed by atoms with van der Waals surface area (Å²) in [5.74, 6) is -3.11. The fourth-order valence-electron chi connectivity index (χ4n) is 9.16. The van der Waals surface area contributed by atoms with Crippen LogP contribution in [0.3, 0.4) is 0 Å². The Balaban J connectivity index is 1.06. The average molecular weight is 888 g/mol. The van der Waals surface area contributed by atoms with Crippen LogP contribution < -0.4 is 20.6 Å². The minimum Gasteiger partial charge on any atom is -0.450 e. The van der Waals surface area contributed by atoms with E-state index in [2.05, 4.69) is 10.2 Å². The van der Waals surface area contributed by atoms with Gasteiger partial charge in [-0.05, 0) is 61.6 Å². The van der Waals surface area contributed by atoms with Crippen LogP contribution in [0, 0.1) is 11.6 Å². The molecule has 4 amide bonds. The van der Waals surface area contributed by atoms with Crippen LogP contribution in [0.25, 0.3) is 38.7 Å². The standard InChI is InChI=1S/C46H49F4N7O7/c1-5-15-52(3)44(61)38-24-33-40(48)31(27-7-6-16-56(25-27)26(2)58)23-32(42(33)63-38)29-9-8-28(22-37(29)64-45(49)50)55-20-18-54(19-21-55)17-14-30-34(47)10-11-35-41(30)53(4)46(62)57(35)36-12-13-39(59)51-43(36)60/h7-11,22-24,36,45H,5-6,12-21,25H2,1-4H3,(H,51,59,60). The van der Waals surface area contributed by atoms with Crippen molar-refractivity contribution >= 4 is 56.9 Å². The molecule has 1 N–H and O–H groups in total. The van der Waals surface area contributed by atoms with Gasteiger partial charge in [0.15, 0.2) is 5.76 Å². The molecule has 5 aromatic rings. The molecular weight excluding hydrogens is 839 g/mol. The number of aromatic nitrogens is 2. The summed E-state index contributed by atoms with van der Waals surface area (Å²) < 4.78 is 74.4. The summed E-state index contributed by atoms with van der Waals surface area (Å²) in [6.07, 6.45) is 3.48. The number of furan rings is 1. The van der Waals surface area contributed by atoms with Crippen LogP contribution in [0.15, 0.2) is 57.8 Å². The minimum absolute atomic E-state index is 0.0185. The Labute approximate surface area is 365 Å². The number of piperazine rings is 1. The monoisotopic (exact) mass is 887 g/mol. The molecule has 2 saturated heterocycles. The maximum absolute atomic E-state index is 16.6. The highest BCUT2D eigenvalue weighted by atomic mass is 19.3. The third-order valence-corrected chi connectivity index (χ3v) is 12.5. The zero-order valence-electron chi connectivity index (χ0n) is 36.0. The first kappa shape index (κ1) is 44.2. The highest BCUT2D eigenvalue weighted by Gasteiger charge is 2.33. The molecule has 14 nitrogen and oxygen atoms in total. The predicted octanol–water partition coefficient (Wildman–Crippen LogP) is 6.09. The van der Waals surface area contributed by atoms with Gasteiger partial charge in [-0.25, -0.2) is 13.6 Å². The minimum atomic E-state index is -3.21. The molecule has 2 aromatic heterocycles. The Morgan fingerprint density at radius 2 is 1.75 bits per heavy atom. The van der Waals surface area contributed by atoms with Gasteiger partial charge in [-0.15, -0.1) is 0 Å². The summed E-state index contributed by atoms with van der Waals surface area (Å²) in [4.78, 5) is 70.8. The van der Waals surface area contributed by atoms with Crippen molar-refractivity contribution in [2.45, 2.75) is 58.6 Å². The van der Waals surface area contributed by atoms with Gasteiger partial charge in [0.1, 0.15) is 29.0 Å². The van der Waals surface area contributed by atoms with Crippen LogP contribution in [0.4, 0.5) is 23.2 Å². The van der Waals surface area contributed by atoms with Crippen molar-refractivity contribution < 1.29 is 45.9 Å². The van der Waals surface area contributed by atoms with E-state index in [0.717, 1.165) is 0 Å². The molecule has 0 spiro atoms. The van der Waals surface area contributed by atoms with Crippen LogP contribution in [0.1, 0.15) is 67.3 Å². The molecule has 0 bridgehead atoms. The van der Waals surface area contributed by atoms with Crippen molar-refractivity contribution in [3.05, 3.63) is 87.5 Å². The summed E-state index contributed by atoms with van der Waals surface area (Å²) in [5.41, 5.74) is 2.25. The maximum atomic E-state index is 16.6. The zero-order valence-corrected chi connectivity index (χ0v) is 36.0. The summed E-state index contributed by atoms with van der Waals surface area (Å²) in [7, 11) is 3.13. The van der Waals surface area contributed by atoms with Gasteiger partial charge < -0.3 is 23.9 Å². The number of nitrogens with zero attached hydrogens (tertiary/aromatic N) is 6. The first-order valence-electron chi connectivity index (χ1n) is 21.4. The normalized spacial score (nSPS) is 17.4. The lowest BCUT2D eigenvalue weighted by Crippen LogP contribution is -2.47. The van der Waals surface area contributed by atoms with E-state index in [0.29, 0.717) is 86.5 Å². The van der Waals surface area contributed by atoms with Gasteiger partial charge in [0.05, 0.1) is 16.4 Å². The van der Waals surface area contributed by atoms with E-state index >= 15 is 8.78 Å². The highest BCUT2D eigenvalue weighted by Crippen LogP contribution is 2.43. The number of rotatable bonds is 12. The quantitative estimate of drug-likeness (QED) is 0.116. The van der Waals surface area contributed by atoms with Crippen LogP contribution in [-0.2, 0) is 27.9 Å². The summed E-state index contributed by atoms with van der Waals surface area (Å²) in [5, 5.41) is 2.27. The van der Waals surface area contributed by atoms with Crippen LogP contribution >= 0.6 is 0 Å². The number of benzene rings is 3. The van der Waals surface area contributed by atoms with Gasteiger partial charge in [-0.2, -0.15) is 8.78 Å². The van der Waals surface area contributed by atoms with Crippen molar-refractivity contribution in [3.63, 3.8) is 0 Å². The van der Waals surface area contributed by atoms with Gasteiger partial charge in [-0.1, -0.05) is 13.0 Å². The fourth-order valence-corrected chi connectivity index (χ4v) is 9.16. The number of carbonyl (C=O) groups is 4. The van der Waals surface area contributed by atoms with E-state index in [-0.39, 0.29) is 70.9 Å². The topological polar surface area (TPSA) is 143 Å². The van der Waals surface area contributed by atoms with Gasteiger partial charge in [0.25, 0.3) is 5.91 Å². The number of ether oxygens (including phenoxy) is 1. The van der Waals surface area contributed by atoms with Gasteiger partial charge in [0.2, 0.25) is 17.7 Å². The van der Waals surface area contributed by atoms with Gasteiger partial charge >= 0.3 is 12.3 Å². The highest BCUT2D eigenvalue weighted by molar-refractivity contribution is 6.03. The molecule has 1 unspecified atom stereocenters. The molecule has 64 heavy (non-hydrogen) atoms. The van der Waals surface area contributed by atoms with Crippen molar-refractivity contribution in [1.29, 1.82) is 0 Å². The zero-order chi connectivity index (χ0) is 45.6. The lowest BCUT2D eigenvalue weighted by Gasteiger charge is -2.36. The molecule has 1 atom stereocenters. The van der Waals surface area contributed by atoms with E-state index < -0.39 is 47.7 Å². The first-order chi connectivity index (χ1) is 30.6. The molecule has 2 fully saturated rings. The second kappa shape index (κ2) is 18.0. The van der Waals surface area contributed by atoms with Crippen LogP contribution in [0.2, 0.25) is 0 Å². The number of amides is 4. The van der Waals surface area contributed by atoms with Crippen molar-refractivity contribution in [3.8, 4) is 16.9 Å². The first-order valence-corrected chi connectivity index (χ1v) is 21.4. The number of hydrogen-bond donors (Lipinski definition) is 1. The summed E-state index contributed by atoms with van der Waals surface area (Å²) >= 11 is 0. The molecule has 3 aliphatic rings. The number of aryl methyl sites for hydroxylation is 1. The summed E-state index contributed by atoms with van der Waals surface area (Å²) in [6, 6.07) is 9.54. The molecule has 5 heterocycles. The number of imide groups is 1. The molecule has 0 radical (unpaired) electrons. The molecule has 18 heteroatoms. The molecule has 0 aliphatic carbocycles. The molecule has 338 valence electrons. The van der Waals surface area contributed by atoms with E-state index in [4.69, 9.17) is 9.15 Å². The van der Waals surface area contributed by atoms with Crippen LogP contribution in [-0.4, -0.2) is 113 Å². The molecule has 8 rings (SSSR count). The van der Waals surface area contributed by atoms with E-state index in [1.165, 1.54) is 58.3 Å². The Hall–Kier alpha value is -6.43. The average Bonchev–Trinajstić information content (AvgIpc) is 3.83. The van der Waals surface area contributed by atoms with Crippen molar-refractivity contribution in [2.24, 2.45) is 7.05 Å². The van der Waals surface area contributed by atoms with E-state index in [1.807, 2.05) is 17.9 Å². The predicted molar refractivity (Wildman–Crippen MR) is 231 cm³/mol. The molecular formula is C46H49F4N7O7. The number of nitrogens with one attached hydrogen (secondary N) is 1. The smallest absolute Gasteiger partial charge is 0.387 e. The number of halogens is 4. The largest absolute Gasteiger partial charge is 0.450 e. The Morgan fingerprint density at radius 3 is 2.45 bits per heavy atom. The molecule has 3 aliphatic heterocycles. The lowest BCUT2D eigenvalue weighted by molar-refractivity contribution is -0.135. The summed E-state index contributed by atoms with van der Waals surface area (Å²) in [6.45, 7) is 3.61. The second-order valence-electron chi connectivity index (χ2n) is 16.5. The van der Waals surface area contributed by atoms with Gasteiger partial charge in [0, 0.05) is 120 Å². The fraction of sp³-hybridized carbons (Fsp3) is 0.413. The number of fused-ring (bicyclic) bond motifs is 2. The van der Waals surface area contributed by atoms with Crippen LogP contribution in [0.5, 0.6) is 5.75 Å². The van der Waals surface area contributed by atoms with Crippen molar-refractivity contribution in [1.82, 2.24) is 29.2 Å². The maximum Gasteiger partial charge on any atom is 0.387 e. The SMILES string of the molecule is CCCN(C)C(=O)c1cc2c(F)c(C3=CCCN(C(C)=O)C3)cc(-c3ccc(N4CCN(CCc5c(F)ccc6c5n(C)c(=O)n6C5CCC(=O)NC5=O)CC4)cc3OC(F)F)c2o1. The number of alkyl halides is 2. The third kappa shape index (κ3) is 8.37. The van der Waals surface area contributed by atoms with E-state index in [1.54, 1.807) is 24.1 Å². The number of hydrogen-bond acceptors (Lipinski definition) is 9. The second-order valence-corrected chi connectivity index (χ2v) is 16.5. The molecule has 3 aromatic carbocycles. The Bertz CT molecular complexity index is 2770. The number of piperidine rings is 1. The van der Waals surface area contributed by atoms with Gasteiger partial charge in [-0.3, -0.25) is 38.5 Å². The van der Waals surface area contributed by atoms with Crippen molar-refractivity contribution in [2.75, 3.05) is 64.3 Å². The lowest BCUT2D eigenvalue weighted by atomic mass is 9.93. The number of anilines is 1. The number of imidazole rings is 1. The van der Waals surface area contributed by atoms with E-state index in [9.17, 15) is 32.8 Å².